The van der Waals surface area contributed by atoms with Gasteiger partial charge in [-0.15, -0.1) is 0 Å². The molecule has 1 saturated heterocycles. The Bertz CT molecular complexity index is 178. The molecule has 1 aliphatic heterocycles. The Balaban J connectivity index is 1.89. The first-order valence-electron chi connectivity index (χ1n) is 6.57. The smallest absolute Gasteiger partial charge is 0.0100 e. The number of rotatable bonds is 2. The van der Waals surface area contributed by atoms with Gasteiger partial charge in [0.1, 0.15) is 0 Å². The molecule has 2 aliphatic rings. The normalized spacial score (nSPS) is 43.3. The van der Waals surface area contributed by atoms with E-state index in [0.29, 0.717) is 0 Å². The molecule has 82 valence electrons. The molecule has 1 saturated carbocycles. The largest absolute Gasteiger partial charge is 0.311 e. The lowest BCUT2D eigenvalue weighted by molar-refractivity contribution is 0.122. The van der Waals surface area contributed by atoms with E-state index in [9.17, 15) is 0 Å². The van der Waals surface area contributed by atoms with Crippen LogP contribution in [0, 0.1) is 11.8 Å². The molecule has 1 N–H and O–H groups in total. The van der Waals surface area contributed by atoms with Crippen LogP contribution in [0.3, 0.4) is 0 Å². The van der Waals surface area contributed by atoms with E-state index in [4.69, 9.17) is 0 Å². The first-order chi connectivity index (χ1) is 6.81. The minimum Gasteiger partial charge on any atom is -0.311 e. The number of hydrogen-bond acceptors (Lipinski definition) is 1. The molecule has 1 nitrogen and oxygen atoms in total. The van der Waals surface area contributed by atoms with Crippen LogP contribution in [0.4, 0.5) is 0 Å². The fraction of sp³-hybridized carbons (Fsp3) is 1.00. The minimum absolute atomic E-state index is 0.839. The average Bonchev–Trinajstić information content (AvgIpc) is 2.18. The molecule has 14 heavy (non-hydrogen) atoms. The van der Waals surface area contributed by atoms with Gasteiger partial charge >= 0.3 is 0 Å². The highest BCUT2D eigenvalue weighted by Gasteiger charge is 2.34. The van der Waals surface area contributed by atoms with Gasteiger partial charge in [-0.25, -0.2) is 0 Å². The summed E-state index contributed by atoms with van der Waals surface area (Å²) in [6.07, 6.45) is 10.0. The molecule has 1 heteroatoms. The molecule has 0 aromatic rings. The molecule has 0 amide bonds. The Kier molecular flexibility index (Phi) is 3.48. The molecule has 0 spiro atoms. The monoisotopic (exact) mass is 195 g/mol. The Morgan fingerprint density at radius 2 is 2.00 bits per heavy atom. The van der Waals surface area contributed by atoms with Crippen molar-refractivity contribution in [1.82, 2.24) is 5.32 Å². The minimum atomic E-state index is 0.839. The molecule has 2 rings (SSSR count). The van der Waals surface area contributed by atoms with Crippen molar-refractivity contribution in [3.8, 4) is 0 Å². The van der Waals surface area contributed by atoms with Crippen LogP contribution in [-0.4, -0.2) is 12.1 Å². The van der Waals surface area contributed by atoms with E-state index in [0.717, 1.165) is 23.9 Å². The second kappa shape index (κ2) is 4.65. The van der Waals surface area contributed by atoms with Crippen molar-refractivity contribution in [3.05, 3.63) is 0 Å². The summed E-state index contributed by atoms with van der Waals surface area (Å²) in [4.78, 5) is 0. The second-order valence-corrected chi connectivity index (χ2v) is 5.41. The summed E-state index contributed by atoms with van der Waals surface area (Å²) in [6, 6.07) is 1.70. The molecule has 0 radical (unpaired) electrons. The van der Waals surface area contributed by atoms with Gasteiger partial charge in [0.15, 0.2) is 0 Å². The zero-order valence-corrected chi connectivity index (χ0v) is 9.76. The van der Waals surface area contributed by atoms with Crippen molar-refractivity contribution < 1.29 is 0 Å². The lowest BCUT2D eigenvalue weighted by Crippen LogP contribution is -2.50. The predicted molar refractivity (Wildman–Crippen MR) is 61.4 cm³/mol. The fourth-order valence-corrected chi connectivity index (χ4v) is 3.53. The molecule has 2 fully saturated rings. The van der Waals surface area contributed by atoms with Crippen LogP contribution in [0.2, 0.25) is 0 Å². The zero-order valence-electron chi connectivity index (χ0n) is 9.76. The maximum absolute atomic E-state index is 3.89. The average molecular weight is 195 g/mol. The van der Waals surface area contributed by atoms with Crippen LogP contribution in [0.15, 0.2) is 0 Å². The maximum Gasteiger partial charge on any atom is 0.0100 e. The van der Waals surface area contributed by atoms with Crippen LogP contribution in [0.25, 0.3) is 0 Å². The van der Waals surface area contributed by atoms with Gasteiger partial charge in [-0.3, -0.25) is 0 Å². The van der Waals surface area contributed by atoms with Crippen molar-refractivity contribution in [2.24, 2.45) is 11.8 Å². The third kappa shape index (κ3) is 2.13. The molecule has 0 aromatic carbocycles. The Morgan fingerprint density at radius 1 is 1.14 bits per heavy atom. The number of hydrogen-bond donors (Lipinski definition) is 1. The molecule has 0 bridgehead atoms. The van der Waals surface area contributed by atoms with Gasteiger partial charge in [0.2, 0.25) is 0 Å². The Morgan fingerprint density at radius 3 is 2.79 bits per heavy atom. The summed E-state index contributed by atoms with van der Waals surface area (Å²) in [7, 11) is 0. The highest BCUT2D eigenvalue weighted by Crippen LogP contribution is 2.36. The first kappa shape index (κ1) is 10.5. The summed E-state index contributed by atoms with van der Waals surface area (Å²) >= 11 is 0. The zero-order chi connectivity index (χ0) is 9.97. The van der Waals surface area contributed by atoms with E-state index in [1.807, 2.05) is 0 Å². The number of piperidine rings is 1. The van der Waals surface area contributed by atoms with Crippen LogP contribution in [-0.2, 0) is 0 Å². The Labute approximate surface area is 88.7 Å². The van der Waals surface area contributed by atoms with Gasteiger partial charge in [0.25, 0.3) is 0 Å². The van der Waals surface area contributed by atoms with E-state index < -0.39 is 0 Å². The standard InChI is InChI=1S/C13H25N/c1-3-5-11-8-9-12-10(2)6-4-7-13(12)14-11/h10-14H,3-9H2,1-2H3/t10-,11+,12-,13-/m0/s1. The highest BCUT2D eigenvalue weighted by molar-refractivity contribution is 4.91. The van der Waals surface area contributed by atoms with Gasteiger partial charge < -0.3 is 5.32 Å². The van der Waals surface area contributed by atoms with E-state index in [1.165, 1.54) is 44.9 Å². The third-order valence-corrected chi connectivity index (χ3v) is 4.36. The summed E-state index contributed by atoms with van der Waals surface area (Å²) in [5.74, 6) is 1.97. The van der Waals surface area contributed by atoms with Crippen molar-refractivity contribution in [2.45, 2.75) is 70.9 Å². The molecule has 0 unspecified atom stereocenters. The van der Waals surface area contributed by atoms with E-state index in [1.54, 1.807) is 0 Å². The summed E-state index contributed by atoms with van der Waals surface area (Å²) in [5.41, 5.74) is 0. The quantitative estimate of drug-likeness (QED) is 0.712. The van der Waals surface area contributed by atoms with Gasteiger partial charge in [-0.05, 0) is 37.5 Å². The van der Waals surface area contributed by atoms with E-state index >= 15 is 0 Å². The summed E-state index contributed by atoms with van der Waals surface area (Å²) < 4.78 is 0. The summed E-state index contributed by atoms with van der Waals surface area (Å²) in [6.45, 7) is 4.76. The van der Waals surface area contributed by atoms with Crippen molar-refractivity contribution in [2.75, 3.05) is 0 Å². The van der Waals surface area contributed by atoms with E-state index in [-0.39, 0.29) is 0 Å². The SMILES string of the molecule is CCC[C@@H]1CC[C@@H]2[C@H](CCC[C@@H]2C)N1. The van der Waals surface area contributed by atoms with Crippen LogP contribution in [0.5, 0.6) is 0 Å². The molecule has 4 atom stereocenters. The van der Waals surface area contributed by atoms with Gasteiger partial charge in [-0.2, -0.15) is 0 Å². The Hall–Kier alpha value is -0.0400. The van der Waals surface area contributed by atoms with E-state index in [2.05, 4.69) is 19.2 Å². The lowest BCUT2D eigenvalue weighted by atomic mass is 9.71. The molecule has 0 aromatic heterocycles. The first-order valence-corrected chi connectivity index (χ1v) is 6.57. The molecular weight excluding hydrogens is 170 g/mol. The number of nitrogens with one attached hydrogen (secondary N) is 1. The van der Waals surface area contributed by atoms with Crippen molar-refractivity contribution >= 4 is 0 Å². The van der Waals surface area contributed by atoms with Gasteiger partial charge in [0.05, 0.1) is 0 Å². The van der Waals surface area contributed by atoms with Crippen molar-refractivity contribution in [1.29, 1.82) is 0 Å². The topological polar surface area (TPSA) is 12.0 Å². The van der Waals surface area contributed by atoms with Crippen LogP contribution < -0.4 is 5.32 Å². The molecule has 1 aliphatic carbocycles. The number of fused-ring (bicyclic) bond motifs is 1. The lowest BCUT2D eigenvalue weighted by Gasteiger charge is -2.44. The van der Waals surface area contributed by atoms with Gasteiger partial charge in [0, 0.05) is 12.1 Å². The second-order valence-electron chi connectivity index (χ2n) is 5.41. The highest BCUT2D eigenvalue weighted by atomic mass is 15.0. The third-order valence-electron chi connectivity index (χ3n) is 4.36. The fourth-order valence-electron chi connectivity index (χ4n) is 3.53. The molecule has 1 heterocycles. The molecular formula is C13H25N. The van der Waals surface area contributed by atoms with Crippen LogP contribution >= 0.6 is 0 Å². The van der Waals surface area contributed by atoms with Crippen molar-refractivity contribution in [3.63, 3.8) is 0 Å². The predicted octanol–water partition coefficient (Wildman–Crippen LogP) is 3.34. The maximum atomic E-state index is 3.89. The van der Waals surface area contributed by atoms with Gasteiger partial charge in [-0.1, -0.05) is 33.1 Å². The summed E-state index contributed by atoms with van der Waals surface area (Å²) in [5, 5.41) is 3.89. The van der Waals surface area contributed by atoms with Crippen LogP contribution in [0.1, 0.15) is 58.8 Å².